The van der Waals surface area contributed by atoms with Gasteiger partial charge >= 0.3 is 6.09 Å². The number of hydrogen-bond acceptors (Lipinski definition) is 4. The highest BCUT2D eigenvalue weighted by Crippen LogP contribution is 2.55. The van der Waals surface area contributed by atoms with Crippen molar-refractivity contribution < 1.29 is 13.9 Å². The van der Waals surface area contributed by atoms with Crippen molar-refractivity contribution >= 4 is 23.1 Å². The lowest BCUT2D eigenvalue weighted by molar-refractivity contribution is 0.0200. The summed E-state index contributed by atoms with van der Waals surface area (Å²) < 4.78 is 20.9. The highest BCUT2D eigenvalue weighted by molar-refractivity contribution is 5.78. The van der Waals surface area contributed by atoms with Gasteiger partial charge in [0.15, 0.2) is 0 Å². The second kappa shape index (κ2) is 5.59. The number of rotatable bonds is 1. The van der Waals surface area contributed by atoms with Crippen LogP contribution in [0.25, 0.3) is 11.0 Å². The van der Waals surface area contributed by atoms with Gasteiger partial charge in [0.05, 0.1) is 11.0 Å². The van der Waals surface area contributed by atoms with E-state index < -0.39 is 5.60 Å². The number of imidazole rings is 1. The fourth-order valence-corrected chi connectivity index (χ4v) is 4.35. The molecule has 0 radical (unpaired) electrons. The molecule has 1 aliphatic heterocycles. The maximum atomic E-state index is 13.4. The summed E-state index contributed by atoms with van der Waals surface area (Å²) in [4.78, 5) is 18.4. The van der Waals surface area contributed by atoms with Crippen molar-refractivity contribution in [2.45, 2.75) is 51.7 Å². The Morgan fingerprint density at radius 2 is 2.12 bits per heavy atom. The van der Waals surface area contributed by atoms with E-state index in [-0.39, 0.29) is 23.4 Å². The smallest absolute Gasteiger partial charge is 0.410 e. The molecular weight excluding hydrogens is 335 g/mol. The molecule has 2 fully saturated rings. The van der Waals surface area contributed by atoms with Crippen molar-refractivity contribution in [2.75, 3.05) is 18.8 Å². The number of nitrogen functional groups attached to an aromatic ring is 1. The molecular formula is C19H25FN4O2. The molecule has 1 aromatic carbocycles. The Bertz CT molecular complexity index is 864. The minimum absolute atomic E-state index is 0.130. The lowest BCUT2D eigenvalue weighted by Gasteiger charge is -2.46. The number of nitrogens with two attached hydrogens (primary N) is 1. The molecule has 4 rings (SSSR count). The average molecular weight is 360 g/mol. The van der Waals surface area contributed by atoms with Gasteiger partial charge in [-0.15, -0.1) is 0 Å². The SMILES string of the molecule is CC(C)(C)OC(=O)N1CCC2(CC(n3c(N)nc4cc(F)ccc43)C2)C1. The molecule has 1 saturated heterocycles. The number of hydrogen-bond donors (Lipinski definition) is 1. The van der Waals surface area contributed by atoms with Crippen LogP contribution in [0.1, 0.15) is 46.1 Å². The number of ether oxygens (including phenoxy) is 1. The van der Waals surface area contributed by atoms with Crippen LogP contribution in [0.2, 0.25) is 0 Å². The molecule has 26 heavy (non-hydrogen) atoms. The number of benzene rings is 1. The van der Waals surface area contributed by atoms with Crippen LogP contribution in [-0.2, 0) is 4.74 Å². The molecule has 1 saturated carbocycles. The van der Waals surface area contributed by atoms with Gasteiger partial charge in [-0.1, -0.05) is 0 Å². The van der Waals surface area contributed by atoms with Gasteiger partial charge in [-0.25, -0.2) is 14.2 Å². The van der Waals surface area contributed by atoms with E-state index >= 15 is 0 Å². The van der Waals surface area contributed by atoms with Crippen molar-refractivity contribution in [2.24, 2.45) is 5.41 Å². The van der Waals surface area contributed by atoms with E-state index in [1.165, 1.54) is 12.1 Å². The molecule has 2 N–H and O–H groups in total. The third-order valence-corrected chi connectivity index (χ3v) is 5.47. The van der Waals surface area contributed by atoms with E-state index in [1.807, 2.05) is 30.2 Å². The quantitative estimate of drug-likeness (QED) is 0.841. The summed E-state index contributed by atoms with van der Waals surface area (Å²) in [6.07, 6.45) is 2.63. The summed E-state index contributed by atoms with van der Waals surface area (Å²) in [5.41, 5.74) is 7.20. The summed E-state index contributed by atoms with van der Waals surface area (Å²) in [6, 6.07) is 4.83. The Balaban J connectivity index is 1.46. The normalized spacial score (nSPS) is 25.7. The molecule has 1 aromatic heterocycles. The second-order valence-corrected chi connectivity index (χ2v) is 8.69. The van der Waals surface area contributed by atoms with Crippen molar-refractivity contribution in [3.05, 3.63) is 24.0 Å². The molecule has 1 amide bonds. The summed E-state index contributed by atoms with van der Waals surface area (Å²) in [6.45, 7) is 7.09. The van der Waals surface area contributed by atoms with Gasteiger partial charge in [0.25, 0.3) is 0 Å². The predicted molar refractivity (Wildman–Crippen MR) is 97.2 cm³/mol. The molecule has 2 heterocycles. The van der Waals surface area contributed by atoms with E-state index in [2.05, 4.69) is 4.98 Å². The van der Waals surface area contributed by atoms with Crippen LogP contribution >= 0.6 is 0 Å². The fraction of sp³-hybridized carbons (Fsp3) is 0.579. The number of aromatic nitrogens is 2. The number of carbonyl (C=O) groups excluding carboxylic acids is 1. The van der Waals surface area contributed by atoms with E-state index in [0.29, 0.717) is 11.5 Å². The van der Waals surface area contributed by atoms with Crippen LogP contribution in [0, 0.1) is 11.2 Å². The standard InChI is InChI=1S/C19H25FN4O2/c1-18(2,3)26-17(25)23-7-6-19(11-23)9-13(10-19)24-15-5-4-12(20)8-14(15)22-16(24)21/h4-5,8,13H,6-7,9-11H2,1-3H3,(H2,21,22). The van der Waals surface area contributed by atoms with Crippen molar-refractivity contribution in [3.63, 3.8) is 0 Å². The monoisotopic (exact) mass is 360 g/mol. The molecule has 1 aliphatic carbocycles. The maximum absolute atomic E-state index is 13.4. The summed E-state index contributed by atoms with van der Waals surface area (Å²) in [5, 5.41) is 0. The van der Waals surface area contributed by atoms with Crippen LogP contribution in [0.5, 0.6) is 0 Å². The van der Waals surface area contributed by atoms with Gasteiger partial charge in [0.1, 0.15) is 11.4 Å². The largest absolute Gasteiger partial charge is 0.444 e. The van der Waals surface area contributed by atoms with Gasteiger partial charge in [0.2, 0.25) is 5.95 Å². The first kappa shape index (κ1) is 17.1. The molecule has 2 aliphatic rings. The molecule has 0 unspecified atom stereocenters. The van der Waals surface area contributed by atoms with E-state index in [9.17, 15) is 9.18 Å². The first-order chi connectivity index (χ1) is 12.2. The Morgan fingerprint density at radius 1 is 1.38 bits per heavy atom. The number of likely N-dealkylation sites (tertiary alicyclic amines) is 1. The molecule has 140 valence electrons. The number of amides is 1. The van der Waals surface area contributed by atoms with Crippen molar-refractivity contribution in [1.82, 2.24) is 14.5 Å². The second-order valence-electron chi connectivity index (χ2n) is 8.69. The Labute approximate surface area is 152 Å². The van der Waals surface area contributed by atoms with Crippen molar-refractivity contribution in [1.29, 1.82) is 0 Å². The average Bonchev–Trinajstić information content (AvgIpc) is 3.04. The van der Waals surface area contributed by atoms with Gasteiger partial charge in [-0.3, -0.25) is 0 Å². The predicted octanol–water partition coefficient (Wildman–Crippen LogP) is 3.72. The van der Waals surface area contributed by atoms with E-state index in [4.69, 9.17) is 10.5 Å². The molecule has 0 atom stereocenters. The highest BCUT2D eigenvalue weighted by atomic mass is 19.1. The fourth-order valence-electron chi connectivity index (χ4n) is 4.35. The molecule has 6 nitrogen and oxygen atoms in total. The third kappa shape index (κ3) is 2.89. The van der Waals surface area contributed by atoms with Crippen molar-refractivity contribution in [3.8, 4) is 0 Å². The maximum Gasteiger partial charge on any atom is 0.410 e. The molecule has 7 heteroatoms. The minimum Gasteiger partial charge on any atom is -0.444 e. The van der Waals surface area contributed by atoms with Crippen LogP contribution < -0.4 is 5.73 Å². The lowest BCUT2D eigenvalue weighted by atomic mass is 9.65. The van der Waals surface area contributed by atoms with Gasteiger partial charge in [0, 0.05) is 25.2 Å². The Kier molecular flexibility index (Phi) is 3.68. The number of carbonyl (C=O) groups is 1. The van der Waals surface area contributed by atoms with Gasteiger partial charge in [-0.2, -0.15) is 0 Å². The Hall–Kier alpha value is -2.31. The van der Waals surface area contributed by atoms with E-state index in [1.54, 1.807) is 6.07 Å². The van der Waals surface area contributed by atoms with E-state index in [0.717, 1.165) is 37.9 Å². The zero-order valence-electron chi connectivity index (χ0n) is 15.5. The molecule has 0 bridgehead atoms. The summed E-state index contributed by atoms with van der Waals surface area (Å²) >= 11 is 0. The molecule has 1 spiro atoms. The first-order valence-corrected chi connectivity index (χ1v) is 9.07. The first-order valence-electron chi connectivity index (χ1n) is 9.07. The number of nitrogens with zero attached hydrogens (tertiary/aromatic N) is 3. The highest BCUT2D eigenvalue weighted by Gasteiger charge is 2.51. The number of fused-ring (bicyclic) bond motifs is 1. The lowest BCUT2D eigenvalue weighted by Crippen LogP contribution is -2.43. The number of halogens is 1. The van der Waals surface area contributed by atoms with Gasteiger partial charge < -0.3 is 19.9 Å². The zero-order chi connectivity index (χ0) is 18.7. The topological polar surface area (TPSA) is 73.4 Å². The minimum atomic E-state index is -0.478. The Morgan fingerprint density at radius 3 is 2.81 bits per heavy atom. The number of anilines is 1. The van der Waals surface area contributed by atoms with Crippen LogP contribution in [0.3, 0.4) is 0 Å². The summed E-state index contributed by atoms with van der Waals surface area (Å²) in [5.74, 6) is 0.114. The van der Waals surface area contributed by atoms with Crippen LogP contribution in [0.15, 0.2) is 18.2 Å². The zero-order valence-corrected chi connectivity index (χ0v) is 15.5. The third-order valence-electron chi connectivity index (χ3n) is 5.47. The van der Waals surface area contributed by atoms with Crippen LogP contribution in [0.4, 0.5) is 15.1 Å². The molecule has 2 aromatic rings. The summed E-state index contributed by atoms with van der Waals surface area (Å²) in [7, 11) is 0. The van der Waals surface area contributed by atoms with Gasteiger partial charge in [-0.05, 0) is 57.6 Å². The van der Waals surface area contributed by atoms with Crippen LogP contribution in [-0.4, -0.2) is 39.2 Å².